The molecule has 1 atom stereocenters. The first kappa shape index (κ1) is 24.5. The minimum absolute atomic E-state index is 0.0524. The molecule has 5 heteroatoms. The van der Waals surface area contributed by atoms with Gasteiger partial charge in [-0.15, -0.1) is 0 Å². The van der Waals surface area contributed by atoms with Gasteiger partial charge in [-0.05, 0) is 71.3 Å². The van der Waals surface area contributed by atoms with E-state index < -0.39 is 5.97 Å². The van der Waals surface area contributed by atoms with Crippen LogP contribution in [-0.2, 0) is 0 Å². The number of aromatic hydroxyl groups is 1. The second kappa shape index (κ2) is 10.8. The summed E-state index contributed by atoms with van der Waals surface area (Å²) in [6.45, 7) is 0. The maximum atomic E-state index is 12.6. The van der Waals surface area contributed by atoms with Crippen LogP contribution < -0.4 is 4.74 Å². The molecule has 5 rings (SSSR count). The number of carboxylic acid groups (broad SMARTS) is 1. The lowest BCUT2D eigenvalue weighted by Crippen LogP contribution is -2.10. The average molecular weight is 501 g/mol. The van der Waals surface area contributed by atoms with Crippen molar-refractivity contribution >= 4 is 11.8 Å². The lowest BCUT2D eigenvalue weighted by molar-refractivity contribution is 0.0695. The smallest absolute Gasteiger partial charge is 0.335 e. The summed E-state index contributed by atoms with van der Waals surface area (Å²) in [6, 6.07) is 37.3. The summed E-state index contributed by atoms with van der Waals surface area (Å²) in [4.78, 5) is 24.6. The van der Waals surface area contributed by atoms with E-state index >= 15 is 0 Å². The molecule has 5 aromatic carbocycles. The Morgan fingerprint density at radius 3 is 1.68 bits per heavy atom. The zero-order valence-corrected chi connectivity index (χ0v) is 20.3. The van der Waals surface area contributed by atoms with E-state index in [2.05, 4.69) is 0 Å². The molecule has 38 heavy (non-hydrogen) atoms. The van der Waals surface area contributed by atoms with Crippen molar-refractivity contribution < 1.29 is 24.5 Å². The number of phenolic OH excluding ortho intramolecular Hbond substituents is 1. The Morgan fingerprint density at radius 2 is 1.08 bits per heavy atom. The van der Waals surface area contributed by atoms with Crippen molar-refractivity contribution in [2.45, 2.75) is 5.92 Å². The highest BCUT2D eigenvalue weighted by atomic mass is 16.5. The number of hydrogen-bond donors (Lipinski definition) is 2. The van der Waals surface area contributed by atoms with Gasteiger partial charge in [0.25, 0.3) is 0 Å². The number of ether oxygens (including phenoxy) is 1. The van der Waals surface area contributed by atoms with Gasteiger partial charge in [0, 0.05) is 17.0 Å². The van der Waals surface area contributed by atoms with Gasteiger partial charge >= 0.3 is 5.97 Å². The van der Waals surface area contributed by atoms with Gasteiger partial charge in [-0.3, -0.25) is 4.79 Å². The Morgan fingerprint density at radius 1 is 0.579 bits per heavy atom. The topological polar surface area (TPSA) is 83.8 Å². The number of rotatable bonds is 8. The van der Waals surface area contributed by atoms with Crippen molar-refractivity contribution in [1.82, 2.24) is 0 Å². The van der Waals surface area contributed by atoms with Crippen LogP contribution in [0.3, 0.4) is 0 Å². The van der Waals surface area contributed by atoms with Crippen molar-refractivity contribution in [3.8, 4) is 17.2 Å². The Labute approximate surface area is 220 Å². The second-order valence-corrected chi connectivity index (χ2v) is 8.81. The van der Waals surface area contributed by atoms with E-state index in [0.29, 0.717) is 28.2 Å². The van der Waals surface area contributed by atoms with E-state index in [-0.39, 0.29) is 23.0 Å². The average Bonchev–Trinajstić information content (AvgIpc) is 2.96. The number of aromatic carboxylic acids is 1. The maximum absolute atomic E-state index is 12.6. The van der Waals surface area contributed by atoms with E-state index in [1.807, 2.05) is 54.6 Å². The normalized spacial score (nSPS) is 11.5. The molecule has 0 spiro atoms. The van der Waals surface area contributed by atoms with Crippen LogP contribution in [0.5, 0.6) is 17.2 Å². The molecule has 0 saturated carbocycles. The summed E-state index contributed by atoms with van der Waals surface area (Å²) in [5.41, 5.74) is 3.80. The van der Waals surface area contributed by atoms with Crippen LogP contribution in [0.15, 0.2) is 127 Å². The standard InChI is InChI=1S/C33H24O5/c34-26-16-10-22(11-17-26)31(29-8-4-5-9-30(29)33(36)37)23-12-18-27(19-13-23)38-28-20-14-25(15-21-28)32(35)24-6-2-1-3-7-24/h1-21,31,34H,(H,36,37). The van der Waals surface area contributed by atoms with E-state index in [4.69, 9.17) is 4.74 Å². The van der Waals surface area contributed by atoms with Gasteiger partial charge < -0.3 is 14.9 Å². The molecular formula is C33H24O5. The number of carbonyl (C=O) groups excluding carboxylic acids is 1. The van der Waals surface area contributed by atoms with Gasteiger partial charge in [-0.1, -0.05) is 72.8 Å². The van der Waals surface area contributed by atoms with Crippen LogP contribution in [0.2, 0.25) is 0 Å². The minimum atomic E-state index is -1.00. The molecule has 5 aromatic rings. The first-order valence-corrected chi connectivity index (χ1v) is 12.1. The molecule has 0 aliphatic heterocycles. The summed E-state index contributed by atoms with van der Waals surface area (Å²) in [7, 11) is 0. The number of carboxylic acids is 1. The molecule has 0 fully saturated rings. The van der Waals surface area contributed by atoms with E-state index in [1.165, 1.54) is 0 Å². The quantitative estimate of drug-likeness (QED) is 0.173. The summed E-state index contributed by atoms with van der Waals surface area (Å²) in [6.07, 6.45) is 0. The summed E-state index contributed by atoms with van der Waals surface area (Å²) in [5, 5.41) is 19.6. The highest BCUT2D eigenvalue weighted by Crippen LogP contribution is 2.36. The van der Waals surface area contributed by atoms with Crippen LogP contribution in [0.25, 0.3) is 0 Å². The zero-order chi connectivity index (χ0) is 26.5. The molecule has 2 N–H and O–H groups in total. The van der Waals surface area contributed by atoms with Crippen molar-refractivity contribution in [2.24, 2.45) is 0 Å². The second-order valence-electron chi connectivity index (χ2n) is 8.81. The largest absolute Gasteiger partial charge is 0.508 e. The van der Waals surface area contributed by atoms with E-state index in [1.54, 1.807) is 72.8 Å². The SMILES string of the molecule is O=C(c1ccccc1)c1ccc(Oc2ccc(C(c3ccc(O)cc3)c3ccccc3C(=O)O)cc2)cc1. The predicted molar refractivity (Wildman–Crippen MR) is 145 cm³/mol. The number of hydrogen-bond acceptors (Lipinski definition) is 4. The lowest BCUT2D eigenvalue weighted by atomic mass is 9.83. The van der Waals surface area contributed by atoms with Gasteiger partial charge in [-0.25, -0.2) is 4.79 Å². The van der Waals surface area contributed by atoms with Crippen LogP contribution in [0, 0.1) is 0 Å². The monoisotopic (exact) mass is 500 g/mol. The van der Waals surface area contributed by atoms with Crippen LogP contribution in [0.1, 0.15) is 48.9 Å². The first-order chi connectivity index (χ1) is 18.5. The summed E-state index contributed by atoms with van der Waals surface area (Å²) in [5.74, 6) is -0.0815. The van der Waals surface area contributed by atoms with Crippen molar-refractivity contribution in [2.75, 3.05) is 0 Å². The fraction of sp³-hybridized carbons (Fsp3) is 0.0303. The molecule has 0 heterocycles. The Kier molecular flexibility index (Phi) is 7.00. The third-order valence-corrected chi connectivity index (χ3v) is 6.33. The van der Waals surface area contributed by atoms with Crippen molar-refractivity contribution in [3.05, 3.63) is 161 Å². The molecule has 1 unspecified atom stereocenters. The maximum Gasteiger partial charge on any atom is 0.335 e. The zero-order valence-electron chi connectivity index (χ0n) is 20.3. The van der Waals surface area contributed by atoms with Crippen LogP contribution >= 0.6 is 0 Å². The van der Waals surface area contributed by atoms with Gasteiger partial charge in [-0.2, -0.15) is 0 Å². The molecule has 0 bridgehead atoms. The van der Waals surface area contributed by atoms with Crippen LogP contribution in [0.4, 0.5) is 0 Å². The molecule has 5 nitrogen and oxygen atoms in total. The van der Waals surface area contributed by atoms with E-state index in [9.17, 15) is 19.8 Å². The molecule has 0 aromatic heterocycles. The fourth-order valence-electron chi connectivity index (χ4n) is 4.46. The van der Waals surface area contributed by atoms with Crippen molar-refractivity contribution in [3.63, 3.8) is 0 Å². The molecule has 0 amide bonds. The summed E-state index contributed by atoms with van der Waals surface area (Å²) >= 11 is 0. The Balaban J connectivity index is 1.40. The third-order valence-electron chi connectivity index (χ3n) is 6.33. The number of benzene rings is 5. The van der Waals surface area contributed by atoms with Gasteiger partial charge in [0.1, 0.15) is 17.2 Å². The summed E-state index contributed by atoms with van der Waals surface area (Å²) < 4.78 is 6.00. The van der Waals surface area contributed by atoms with Gasteiger partial charge in [0.15, 0.2) is 5.78 Å². The Hall–Kier alpha value is -5.16. The highest BCUT2D eigenvalue weighted by molar-refractivity contribution is 6.09. The number of ketones is 1. The lowest BCUT2D eigenvalue weighted by Gasteiger charge is -2.21. The third kappa shape index (κ3) is 5.32. The minimum Gasteiger partial charge on any atom is -0.508 e. The van der Waals surface area contributed by atoms with Gasteiger partial charge in [0.2, 0.25) is 0 Å². The van der Waals surface area contributed by atoms with Crippen LogP contribution in [-0.4, -0.2) is 22.0 Å². The molecule has 0 radical (unpaired) electrons. The fourth-order valence-corrected chi connectivity index (χ4v) is 4.46. The molecule has 186 valence electrons. The highest BCUT2D eigenvalue weighted by Gasteiger charge is 2.22. The number of phenols is 1. The first-order valence-electron chi connectivity index (χ1n) is 12.1. The van der Waals surface area contributed by atoms with Crippen molar-refractivity contribution in [1.29, 1.82) is 0 Å². The predicted octanol–water partition coefficient (Wildman–Crippen LogP) is 7.29. The molecule has 0 aliphatic rings. The Bertz CT molecular complexity index is 1560. The molecule has 0 aliphatic carbocycles. The van der Waals surface area contributed by atoms with E-state index in [0.717, 1.165) is 11.1 Å². The van der Waals surface area contributed by atoms with Gasteiger partial charge in [0.05, 0.1) is 5.56 Å². The molecule has 0 saturated heterocycles. The number of carbonyl (C=O) groups is 2. The molecular weight excluding hydrogens is 476 g/mol.